The summed E-state index contributed by atoms with van der Waals surface area (Å²) in [5.41, 5.74) is 6.52. The van der Waals surface area contributed by atoms with Gasteiger partial charge in [0.05, 0.1) is 24.1 Å². The zero-order valence-corrected chi connectivity index (χ0v) is 17.5. The zero-order valence-electron chi connectivity index (χ0n) is 17.5. The number of aromatic nitrogens is 4. The van der Waals surface area contributed by atoms with E-state index in [4.69, 9.17) is 4.98 Å². The van der Waals surface area contributed by atoms with Crippen LogP contribution in [0.5, 0.6) is 0 Å². The van der Waals surface area contributed by atoms with Crippen LogP contribution >= 0.6 is 0 Å². The van der Waals surface area contributed by atoms with Gasteiger partial charge in [-0.2, -0.15) is 10.2 Å². The van der Waals surface area contributed by atoms with Crippen molar-refractivity contribution in [1.29, 1.82) is 0 Å². The maximum Gasteiger partial charge on any atom is 0.254 e. The van der Waals surface area contributed by atoms with Gasteiger partial charge in [-0.15, -0.1) is 0 Å². The van der Waals surface area contributed by atoms with Gasteiger partial charge in [-0.25, -0.2) is 9.97 Å². The first-order valence-corrected chi connectivity index (χ1v) is 9.78. The first-order chi connectivity index (χ1) is 13.7. The molecule has 148 valence electrons. The molecule has 1 amide bonds. The number of nitrogens with zero attached hydrogens (tertiary/aromatic N) is 5. The van der Waals surface area contributed by atoms with E-state index in [0.29, 0.717) is 18.7 Å². The minimum absolute atomic E-state index is 0.00101. The second-order valence-electron chi connectivity index (χ2n) is 8.66. The van der Waals surface area contributed by atoms with Crippen LogP contribution in [0.1, 0.15) is 59.3 Å². The Morgan fingerprint density at radius 1 is 1.03 bits per heavy atom. The van der Waals surface area contributed by atoms with Crippen LogP contribution in [0.4, 0.5) is 0 Å². The summed E-state index contributed by atoms with van der Waals surface area (Å²) in [4.78, 5) is 24.0. The van der Waals surface area contributed by atoms with Crippen LogP contribution in [0, 0.1) is 13.8 Å². The van der Waals surface area contributed by atoms with E-state index in [1.54, 1.807) is 6.20 Å². The van der Waals surface area contributed by atoms with Gasteiger partial charge in [0.1, 0.15) is 5.82 Å². The average Bonchev–Trinajstić information content (AvgIpc) is 3.12. The van der Waals surface area contributed by atoms with Gasteiger partial charge in [0.25, 0.3) is 5.91 Å². The molecule has 6 nitrogen and oxygen atoms in total. The molecule has 0 atom stereocenters. The molecular formula is C23H25N5O. The van der Waals surface area contributed by atoms with Crippen molar-refractivity contribution >= 4 is 5.91 Å². The Kier molecular flexibility index (Phi) is 4.65. The summed E-state index contributed by atoms with van der Waals surface area (Å²) in [7, 11) is 0. The number of fused-ring (bicyclic) bond motifs is 1. The van der Waals surface area contributed by atoms with Crippen LogP contribution in [-0.2, 0) is 18.5 Å². The average molecular weight is 387 g/mol. The highest BCUT2D eigenvalue weighted by atomic mass is 16.2. The summed E-state index contributed by atoms with van der Waals surface area (Å²) < 4.78 is 0. The third-order valence-electron chi connectivity index (χ3n) is 5.38. The molecule has 3 aromatic rings. The third kappa shape index (κ3) is 3.62. The van der Waals surface area contributed by atoms with Gasteiger partial charge < -0.3 is 4.90 Å². The first-order valence-electron chi connectivity index (χ1n) is 9.78. The lowest BCUT2D eigenvalue weighted by Crippen LogP contribution is -2.25. The molecule has 6 heteroatoms. The molecule has 0 fully saturated rings. The molecule has 3 heterocycles. The minimum Gasteiger partial charge on any atom is -0.328 e. The van der Waals surface area contributed by atoms with Crippen molar-refractivity contribution in [1.82, 2.24) is 25.1 Å². The van der Waals surface area contributed by atoms with E-state index in [0.717, 1.165) is 39.5 Å². The minimum atomic E-state index is -0.112. The lowest BCUT2D eigenvalue weighted by atomic mass is 9.95. The number of rotatable bonds is 2. The molecule has 0 unspecified atom stereocenters. The number of carbonyl (C=O) groups excluding carboxylic acids is 1. The summed E-state index contributed by atoms with van der Waals surface area (Å²) in [5, 5.41) is 8.31. The SMILES string of the molecule is Cc1cnnc(-c2ccc(C(=O)N3Cc4cnc(C(C)(C)C)nc4C3)cc2)c1C. The standard InChI is InChI=1S/C23H25N5O/c1-14-10-25-27-20(15(14)2)16-6-8-17(9-7-16)21(29)28-12-18-11-24-22(23(3,4)5)26-19(18)13-28/h6-11H,12-13H2,1-5H3. The molecule has 0 bridgehead atoms. The quantitative estimate of drug-likeness (QED) is 0.664. The molecule has 0 saturated heterocycles. The van der Waals surface area contributed by atoms with Crippen LogP contribution in [0.15, 0.2) is 36.7 Å². The Bertz CT molecular complexity index is 1080. The number of carbonyl (C=O) groups is 1. The lowest BCUT2D eigenvalue weighted by molar-refractivity contribution is 0.0750. The normalized spacial score (nSPS) is 13.5. The number of hydrogen-bond acceptors (Lipinski definition) is 5. The fraction of sp³-hybridized carbons (Fsp3) is 0.348. The molecule has 1 aliphatic heterocycles. The van der Waals surface area contributed by atoms with Crippen LogP contribution in [0.2, 0.25) is 0 Å². The monoisotopic (exact) mass is 387 g/mol. The van der Waals surface area contributed by atoms with Crippen LogP contribution in [0.25, 0.3) is 11.3 Å². The molecule has 0 N–H and O–H groups in total. The molecule has 1 aliphatic rings. The molecule has 0 aliphatic carbocycles. The van der Waals surface area contributed by atoms with E-state index >= 15 is 0 Å². The molecule has 0 saturated carbocycles. The largest absolute Gasteiger partial charge is 0.328 e. The highest BCUT2D eigenvalue weighted by molar-refractivity contribution is 5.95. The first kappa shape index (κ1) is 19.2. The second kappa shape index (κ2) is 7.03. The maximum absolute atomic E-state index is 13.0. The summed E-state index contributed by atoms with van der Waals surface area (Å²) in [6, 6.07) is 7.58. The fourth-order valence-electron chi connectivity index (χ4n) is 3.42. The number of amides is 1. The lowest BCUT2D eigenvalue weighted by Gasteiger charge is -2.16. The van der Waals surface area contributed by atoms with E-state index in [2.05, 4.69) is 36.0 Å². The van der Waals surface area contributed by atoms with Gasteiger partial charge in [-0.05, 0) is 37.1 Å². The van der Waals surface area contributed by atoms with Gasteiger partial charge in [0.15, 0.2) is 0 Å². The molecule has 0 radical (unpaired) electrons. The molecule has 4 rings (SSSR count). The van der Waals surface area contributed by atoms with Gasteiger partial charge in [0, 0.05) is 34.8 Å². The van der Waals surface area contributed by atoms with E-state index in [-0.39, 0.29) is 11.3 Å². The Morgan fingerprint density at radius 2 is 1.76 bits per heavy atom. The Morgan fingerprint density at radius 3 is 2.45 bits per heavy atom. The summed E-state index contributed by atoms with van der Waals surface area (Å²) >= 11 is 0. The summed E-state index contributed by atoms with van der Waals surface area (Å²) in [5.74, 6) is 0.809. The third-order valence-corrected chi connectivity index (χ3v) is 5.38. The summed E-state index contributed by atoms with van der Waals surface area (Å²) in [6.45, 7) is 11.4. The van der Waals surface area contributed by atoms with Crippen molar-refractivity contribution in [2.45, 2.75) is 53.1 Å². The van der Waals surface area contributed by atoms with Crippen LogP contribution < -0.4 is 0 Å². The van der Waals surface area contributed by atoms with Crippen LogP contribution in [-0.4, -0.2) is 31.0 Å². The van der Waals surface area contributed by atoms with E-state index < -0.39 is 0 Å². The second-order valence-corrected chi connectivity index (χ2v) is 8.66. The van der Waals surface area contributed by atoms with Gasteiger partial charge in [0.2, 0.25) is 0 Å². The molecule has 0 spiro atoms. The topological polar surface area (TPSA) is 71.9 Å². The highest BCUT2D eigenvalue weighted by Crippen LogP contribution is 2.27. The molecule has 1 aromatic carbocycles. The Labute approximate surface area is 171 Å². The van der Waals surface area contributed by atoms with Crippen LogP contribution in [0.3, 0.4) is 0 Å². The van der Waals surface area contributed by atoms with Crippen molar-refractivity contribution in [3.63, 3.8) is 0 Å². The number of hydrogen-bond donors (Lipinski definition) is 0. The highest BCUT2D eigenvalue weighted by Gasteiger charge is 2.28. The van der Waals surface area contributed by atoms with Crippen molar-refractivity contribution in [2.75, 3.05) is 0 Å². The maximum atomic E-state index is 13.0. The van der Waals surface area contributed by atoms with Crippen molar-refractivity contribution in [3.8, 4) is 11.3 Å². The Hall–Kier alpha value is -3.15. The van der Waals surface area contributed by atoms with Gasteiger partial charge in [-0.1, -0.05) is 32.9 Å². The van der Waals surface area contributed by atoms with Gasteiger partial charge >= 0.3 is 0 Å². The molecule has 2 aromatic heterocycles. The summed E-state index contributed by atoms with van der Waals surface area (Å²) in [6.07, 6.45) is 3.62. The molecular weight excluding hydrogens is 362 g/mol. The van der Waals surface area contributed by atoms with E-state index in [9.17, 15) is 4.79 Å². The predicted molar refractivity (Wildman–Crippen MR) is 111 cm³/mol. The van der Waals surface area contributed by atoms with Crippen molar-refractivity contribution < 1.29 is 4.79 Å². The van der Waals surface area contributed by atoms with Crippen molar-refractivity contribution in [2.24, 2.45) is 0 Å². The predicted octanol–water partition coefficient (Wildman–Crippen LogP) is 4.00. The number of aryl methyl sites for hydroxylation is 1. The number of benzene rings is 1. The Balaban J connectivity index is 1.54. The van der Waals surface area contributed by atoms with Crippen molar-refractivity contribution in [3.05, 3.63) is 70.4 Å². The van der Waals surface area contributed by atoms with E-state index in [1.807, 2.05) is 49.2 Å². The fourth-order valence-corrected chi connectivity index (χ4v) is 3.42. The smallest absolute Gasteiger partial charge is 0.254 e. The van der Waals surface area contributed by atoms with E-state index in [1.165, 1.54) is 0 Å². The van der Waals surface area contributed by atoms with Gasteiger partial charge in [-0.3, -0.25) is 4.79 Å². The molecule has 29 heavy (non-hydrogen) atoms. The zero-order chi connectivity index (χ0) is 20.8.